The largest absolute Gasteiger partial charge is 0.371 e. The first-order chi connectivity index (χ1) is 17.9. The second-order valence-corrected chi connectivity index (χ2v) is 10.4. The highest BCUT2D eigenvalue weighted by Crippen LogP contribution is 2.39. The number of amides is 1. The maximum absolute atomic E-state index is 13.5. The Labute approximate surface area is 226 Å². The molecule has 0 spiro atoms. The van der Waals surface area contributed by atoms with Crippen LogP contribution in [0.25, 0.3) is 6.08 Å². The van der Waals surface area contributed by atoms with E-state index in [-0.39, 0.29) is 23.1 Å². The molecule has 0 radical (unpaired) electrons. The molecular weight excluding hydrogens is 500 g/mol. The predicted octanol–water partition coefficient (Wildman–Crippen LogP) is 5.67. The number of carbonyl (C=O) groups is 1. The first-order valence-corrected chi connectivity index (χ1v) is 13.4. The van der Waals surface area contributed by atoms with Crippen LogP contribution < -0.4 is 10.9 Å². The van der Waals surface area contributed by atoms with E-state index in [1.165, 1.54) is 17.3 Å². The smallest absolute Gasteiger partial charge is 0.270 e. The molecule has 1 aliphatic heterocycles. The van der Waals surface area contributed by atoms with Crippen LogP contribution in [-0.4, -0.2) is 26.2 Å². The van der Waals surface area contributed by atoms with Crippen molar-refractivity contribution in [3.63, 3.8) is 0 Å². The Balaban J connectivity index is 1.73. The van der Waals surface area contributed by atoms with E-state index in [0.29, 0.717) is 39.3 Å². The molecule has 1 aliphatic rings. The number of pyridine rings is 1. The fourth-order valence-corrected chi connectivity index (χ4v) is 5.85. The standard InChI is InChI=1S/C29H28N4O2S2/c1-4-32-26(31-16-15-21-11-7-5-8-12-21)23(19(2)24(18-30)27(32)34)17-25-28(35)33(29(36)37-25)20(3)22-13-9-6-10-14-22/h5-14,17,20,31H,4,15-16H2,1-3H3/b25-17+. The Morgan fingerprint density at radius 1 is 1.11 bits per heavy atom. The zero-order chi connectivity index (χ0) is 26.5. The van der Waals surface area contributed by atoms with Gasteiger partial charge in [-0.15, -0.1) is 0 Å². The number of hydrogen-bond acceptors (Lipinski definition) is 6. The molecule has 1 fully saturated rings. The van der Waals surface area contributed by atoms with E-state index in [9.17, 15) is 14.9 Å². The van der Waals surface area contributed by atoms with Gasteiger partial charge in [0.2, 0.25) is 0 Å². The van der Waals surface area contributed by atoms with E-state index < -0.39 is 0 Å². The summed E-state index contributed by atoms with van der Waals surface area (Å²) in [6, 6.07) is 21.7. The fourth-order valence-electron chi connectivity index (χ4n) is 4.45. The first kappa shape index (κ1) is 26.4. The maximum Gasteiger partial charge on any atom is 0.270 e. The van der Waals surface area contributed by atoms with Gasteiger partial charge in [-0.3, -0.25) is 19.1 Å². The van der Waals surface area contributed by atoms with Crippen LogP contribution in [0.3, 0.4) is 0 Å². The number of anilines is 1. The van der Waals surface area contributed by atoms with Crippen LogP contribution in [0.4, 0.5) is 5.82 Å². The molecule has 1 atom stereocenters. The number of hydrogen-bond donors (Lipinski definition) is 1. The van der Waals surface area contributed by atoms with Crippen molar-refractivity contribution >= 4 is 46.1 Å². The summed E-state index contributed by atoms with van der Waals surface area (Å²) in [5.74, 6) is 0.412. The minimum atomic E-state index is -0.341. The lowest BCUT2D eigenvalue weighted by molar-refractivity contribution is -0.123. The summed E-state index contributed by atoms with van der Waals surface area (Å²) in [7, 11) is 0. The molecule has 1 saturated heterocycles. The number of thioether (sulfide) groups is 1. The molecule has 2 heterocycles. The molecule has 0 aliphatic carbocycles. The zero-order valence-corrected chi connectivity index (χ0v) is 22.7. The molecular formula is C29H28N4O2S2. The maximum atomic E-state index is 13.5. The molecule has 3 aromatic rings. The average molecular weight is 529 g/mol. The number of nitrogens with one attached hydrogen (secondary N) is 1. The van der Waals surface area contributed by atoms with Gasteiger partial charge in [0.05, 0.1) is 10.9 Å². The van der Waals surface area contributed by atoms with Gasteiger partial charge in [-0.2, -0.15) is 5.26 Å². The number of benzene rings is 2. The molecule has 0 bridgehead atoms. The Bertz CT molecular complexity index is 1460. The highest BCUT2D eigenvalue weighted by Gasteiger charge is 2.36. The molecule has 2 aromatic carbocycles. The van der Waals surface area contributed by atoms with Crippen LogP contribution in [0.2, 0.25) is 0 Å². The van der Waals surface area contributed by atoms with E-state index in [0.717, 1.165) is 12.0 Å². The molecule has 1 unspecified atom stereocenters. The van der Waals surface area contributed by atoms with Crippen molar-refractivity contribution in [2.75, 3.05) is 11.9 Å². The molecule has 37 heavy (non-hydrogen) atoms. The van der Waals surface area contributed by atoms with Gasteiger partial charge in [-0.1, -0.05) is 84.6 Å². The molecule has 6 nitrogen and oxygen atoms in total. The van der Waals surface area contributed by atoms with Gasteiger partial charge in [0.15, 0.2) is 0 Å². The van der Waals surface area contributed by atoms with Crippen molar-refractivity contribution < 1.29 is 4.79 Å². The quantitative estimate of drug-likeness (QED) is 0.300. The van der Waals surface area contributed by atoms with Gasteiger partial charge in [0.25, 0.3) is 11.5 Å². The Hall–Kier alpha value is -3.67. The van der Waals surface area contributed by atoms with E-state index in [2.05, 4.69) is 23.5 Å². The second-order valence-electron chi connectivity index (χ2n) is 8.72. The fraction of sp³-hybridized carbons (Fsp3) is 0.241. The summed E-state index contributed by atoms with van der Waals surface area (Å²) >= 11 is 6.84. The summed E-state index contributed by atoms with van der Waals surface area (Å²) in [6.07, 6.45) is 2.53. The lowest BCUT2D eigenvalue weighted by atomic mass is 10.0. The first-order valence-electron chi connectivity index (χ1n) is 12.1. The SMILES string of the molecule is CCn1c(NCCc2ccccc2)c(/C=C2/SC(=S)N(C(C)c3ccccc3)C2=O)c(C)c(C#N)c1=O. The molecule has 4 rings (SSSR count). The van der Waals surface area contributed by atoms with Crippen molar-refractivity contribution in [3.8, 4) is 6.07 Å². The molecule has 1 aromatic heterocycles. The number of aromatic nitrogens is 1. The third-order valence-electron chi connectivity index (χ3n) is 6.51. The van der Waals surface area contributed by atoms with Crippen LogP contribution in [0.1, 0.15) is 47.7 Å². The number of nitriles is 1. The summed E-state index contributed by atoms with van der Waals surface area (Å²) in [5.41, 5.74) is 3.09. The normalized spacial score (nSPS) is 15.2. The van der Waals surface area contributed by atoms with E-state index >= 15 is 0 Å². The molecule has 1 amide bonds. The molecule has 1 N–H and O–H groups in total. The summed E-state index contributed by atoms with van der Waals surface area (Å²) < 4.78 is 2.04. The van der Waals surface area contributed by atoms with Gasteiger partial charge in [-0.05, 0) is 50.0 Å². The van der Waals surface area contributed by atoms with Crippen molar-refractivity contribution in [1.82, 2.24) is 9.47 Å². The second kappa shape index (κ2) is 11.6. The van der Waals surface area contributed by atoms with Gasteiger partial charge in [0.1, 0.15) is 21.8 Å². The van der Waals surface area contributed by atoms with Crippen LogP contribution in [0.5, 0.6) is 0 Å². The van der Waals surface area contributed by atoms with Gasteiger partial charge in [-0.25, -0.2) is 0 Å². The van der Waals surface area contributed by atoms with E-state index in [1.807, 2.05) is 62.4 Å². The Kier molecular flexibility index (Phi) is 8.27. The molecule has 0 saturated carbocycles. The van der Waals surface area contributed by atoms with Crippen molar-refractivity contribution in [2.24, 2.45) is 0 Å². The van der Waals surface area contributed by atoms with Crippen LogP contribution in [0.15, 0.2) is 70.4 Å². The van der Waals surface area contributed by atoms with Gasteiger partial charge >= 0.3 is 0 Å². The average Bonchev–Trinajstić information content (AvgIpc) is 3.19. The third-order valence-corrected chi connectivity index (χ3v) is 7.84. The summed E-state index contributed by atoms with van der Waals surface area (Å²) in [4.78, 5) is 28.7. The predicted molar refractivity (Wildman–Crippen MR) is 154 cm³/mol. The highest BCUT2D eigenvalue weighted by atomic mass is 32.2. The van der Waals surface area contributed by atoms with Crippen LogP contribution in [0, 0.1) is 18.3 Å². The van der Waals surface area contributed by atoms with E-state index in [1.54, 1.807) is 22.5 Å². The van der Waals surface area contributed by atoms with Gasteiger partial charge in [0, 0.05) is 18.7 Å². The lowest BCUT2D eigenvalue weighted by Crippen LogP contribution is -2.31. The Morgan fingerprint density at radius 2 is 1.76 bits per heavy atom. The Morgan fingerprint density at radius 3 is 2.38 bits per heavy atom. The van der Waals surface area contributed by atoms with Crippen LogP contribution in [-0.2, 0) is 17.8 Å². The topological polar surface area (TPSA) is 78.1 Å². The third kappa shape index (κ3) is 5.38. The summed E-state index contributed by atoms with van der Waals surface area (Å²) in [5, 5.41) is 13.2. The minimum Gasteiger partial charge on any atom is -0.371 e. The number of rotatable bonds is 8. The zero-order valence-electron chi connectivity index (χ0n) is 21.0. The van der Waals surface area contributed by atoms with Crippen molar-refractivity contribution in [1.29, 1.82) is 5.26 Å². The van der Waals surface area contributed by atoms with Crippen molar-refractivity contribution in [2.45, 2.75) is 39.8 Å². The van der Waals surface area contributed by atoms with Gasteiger partial charge < -0.3 is 5.32 Å². The van der Waals surface area contributed by atoms with Crippen molar-refractivity contribution in [3.05, 3.63) is 104 Å². The molecule has 8 heteroatoms. The van der Waals surface area contributed by atoms with E-state index in [4.69, 9.17) is 12.2 Å². The minimum absolute atomic E-state index is 0.0786. The number of thiocarbonyl (C=S) groups is 1. The highest BCUT2D eigenvalue weighted by molar-refractivity contribution is 8.26. The van der Waals surface area contributed by atoms with Crippen LogP contribution >= 0.6 is 24.0 Å². The monoisotopic (exact) mass is 528 g/mol. The number of carbonyl (C=O) groups excluding carboxylic acids is 1. The summed E-state index contributed by atoms with van der Waals surface area (Å²) in [6.45, 7) is 6.54. The lowest BCUT2D eigenvalue weighted by Gasteiger charge is -2.23. The molecule has 188 valence electrons. The number of nitrogens with zero attached hydrogens (tertiary/aromatic N) is 3.